The fourth-order valence-corrected chi connectivity index (χ4v) is 2.66. The van der Waals surface area contributed by atoms with Gasteiger partial charge in [-0.1, -0.05) is 6.07 Å². The molecule has 0 saturated carbocycles. The summed E-state index contributed by atoms with van der Waals surface area (Å²) in [5.41, 5.74) is 0.804. The van der Waals surface area contributed by atoms with Gasteiger partial charge in [0, 0.05) is 32.0 Å². The van der Waals surface area contributed by atoms with Crippen LogP contribution in [0.15, 0.2) is 24.5 Å². The average molecular weight is 319 g/mol. The minimum atomic E-state index is -0.692. The zero-order valence-corrected chi connectivity index (χ0v) is 13.5. The zero-order chi connectivity index (χ0) is 16.8. The van der Waals surface area contributed by atoms with Gasteiger partial charge in [-0.05, 0) is 25.4 Å². The number of carbonyl (C=O) groups excluding carboxylic acids is 2. The summed E-state index contributed by atoms with van der Waals surface area (Å²) in [4.78, 5) is 32.1. The standard InChI is InChI=1S/C15H22BN3O4/c1-3-23-15(21)13-11-18(16(2)22)7-8-19(13)14(20)9-12-5-4-6-17-10-12/h4-6,10,13,22H,3,7-9,11H2,1-2H3. The molecule has 7 nitrogen and oxygen atoms in total. The maximum atomic E-state index is 12.6. The van der Waals surface area contributed by atoms with Gasteiger partial charge in [-0.15, -0.1) is 0 Å². The molecule has 1 amide bonds. The highest BCUT2D eigenvalue weighted by atomic mass is 16.5. The van der Waals surface area contributed by atoms with Crippen LogP contribution in [0.3, 0.4) is 0 Å². The normalized spacial score (nSPS) is 18.6. The Morgan fingerprint density at radius 3 is 2.87 bits per heavy atom. The summed E-state index contributed by atoms with van der Waals surface area (Å²) < 4.78 is 5.09. The van der Waals surface area contributed by atoms with Crippen molar-refractivity contribution in [2.75, 3.05) is 26.2 Å². The van der Waals surface area contributed by atoms with Crippen LogP contribution in [0, 0.1) is 0 Å². The van der Waals surface area contributed by atoms with Crippen molar-refractivity contribution in [3.63, 3.8) is 0 Å². The smallest absolute Gasteiger partial charge is 0.376 e. The number of amides is 1. The molecule has 0 spiro atoms. The number of pyridine rings is 1. The SMILES string of the molecule is CCOC(=O)C1CN(B(C)O)CCN1C(=O)Cc1cccnc1. The van der Waals surface area contributed by atoms with Gasteiger partial charge < -0.3 is 19.5 Å². The summed E-state index contributed by atoms with van der Waals surface area (Å²) in [6.45, 7) is 4.81. The first kappa shape index (κ1) is 17.4. The molecule has 0 bridgehead atoms. The second-order valence-electron chi connectivity index (χ2n) is 5.52. The highest BCUT2D eigenvalue weighted by Gasteiger charge is 2.37. The molecule has 1 aliphatic heterocycles. The highest BCUT2D eigenvalue weighted by molar-refractivity contribution is 6.45. The highest BCUT2D eigenvalue weighted by Crippen LogP contribution is 2.14. The number of carbonyl (C=O) groups is 2. The maximum Gasteiger partial charge on any atom is 0.376 e. The molecule has 124 valence electrons. The summed E-state index contributed by atoms with van der Waals surface area (Å²) in [5.74, 6) is -0.571. The molecule has 8 heteroatoms. The maximum absolute atomic E-state index is 12.6. The van der Waals surface area contributed by atoms with Crippen LogP contribution in [0.4, 0.5) is 0 Å². The molecule has 23 heavy (non-hydrogen) atoms. The molecule has 0 aliphatic carbocycles. The van der Waals surface area contributed by atoms with E-state index in [4.69, 9.17) is 4.74 Å². The molecular formula is C15H22BN3O4. The number of nitrogens with zero attached hydrogens (tertiary/aromatic N) is 3. The van der Waals surface area contributed by atoms with Gasteiger partial charge in [0.15, 0.2) is 0 Å². The number of ether oxygens (including phenoxy) is 1. The summed E-state index contributed by atoms with van der Waals surface area (Å²) in [5, 5.41) is 9.73. The topological polar surface area (TPSA) is 83.0 Å². The zero-order valence-electron chi connectivity index (χ0n) is 13.5. The lowest BCUT2D eigenvalue weighted by atomic mass is 9.83. The first-order valence-corrected chi connectivity index (χ1v) is 7.80. The molecule has 1 atom stereocenters. The second-order valence-corrected chi connectivity index (χ2v) is 5.52. The van der Waals surface area contributed by atoms with Crippen LogP contribution in [-0.2, 0) is 20.7 Å². The number of aromatic nitrogens is 1. The largest absolute Gasteiger partial charge is 0.464 e. The van der Waals surface area contributed by atoms with Crippen molar-refractivity contribution >= 4 is 18.9 Å². The van der Waals surface area contributed by atoms with Gasteiger partial charge >= 0.3 is 13.0 Å². The monoisotopic (exact) mass is 319 g/mol. The first-order valence-electron chi connectivity index (χ1n) is 7.80. The third-order valence-corrected chi connectivity index (χ3v) is 3.90. The Balaban J connectivity index is 2.10. The molecule has 1 aromatic heterocycles. The van der Waals surface area contributed by atoms with Crippen molar-refractivity contribution in [3.05, 3.63) is 30.1 Å². The van der Waals surface area contributed by atoms with Crippen molar-refractivity contribution in [3.8, 4) is 0 Å². The van der Waals surface area contributed by atoms with E-state index < -0.39 is 19.1 Å². The molecule has 0 aromatic carbocycles. The Morgan fingerprint density at radius 1 is 1.48 bits per heavy atom. The number of hydrogen-bond donors (Lipinski definition) is 1. The van der Waals surface area contributed by atoms with Gasteiger partial charge in [0.2, 0.25) is 5.91 Å². The van der Waals surface area contributed by atoms with Gasteiger partial charge in [-0.3, -0.25) is 9.78 Å². The minimum absolute atomic E-state index is 0.138. The molecule has 0 radical (unpaired) electrons. The first-order chi connectivity index (χ1) is 11.0. The lowest BCUT2D eigenvalue weighted by Gasteiger charge is -2.40. The van der Waals surface area contributed by atoms with Crippen molar-refractivity contribution in [2.24, 2.45) is 0 Å². The van der Waals surface area contributed by atoms with Crippen LogP contribution in [0.1, 0.15) is 12.5 Å². The molecule has 1 aromatic rings. The van der Waals surface area contributed by atoms with Crippen molar-refractivity contribution < 1.29 is 19.3 Å². The summed E-state index contributed by atoms with van der Waals surface area (Å²) in [7, 11) is -0.664. The van der Waals surface area contributed by atoms with Gasteiger partial charge in [0.1, 0.15) is 6.04 Å². The Kier molecular flexibility index (Phi) is 6.12. The second kappa shape index (κ2) is 8.08. The number of esters is 1. The molecule has 2 heterocycles. The van der Waals surface area contributed by atoms with Crippen LogP contribution in [0.5, 0.6) is 0 Å². The van der Waals surface area contributed by atoms with Crippen LogP contribution in [0.25, 0.3) is 0 Å². The van der Waals surface area contributed by atoms with Crippen molar-refractivity contribution in [1.29, 1.82) is 0 Å². The fraction of sp³-hybridized carbons (Fsp3) is 0.533. The number of rotatable bonds is 5. The van der Waals surface area contributed by atoms with Crippen molar-refractivity contribution in [1.82, 2.24) is 14.7 Å². The minimum Gasteiger partial charge on any atom is -0.464 e. The van der Waals surface area contributed by atoms with E-state index in [1.807, 2.05) is 6.07 Å². The van der Waals surface area contributed by atoms with E-state index in [-0.39, 0.29) is 25.5 Å². The molecule has 1 fully saturated rings. The molecular weight excluding hydrogens is 297 g/mol. The lowest BCUT2D eigenvalue weighted by Crippen LogP contribution is -2.61. The third-order valence-electron chi connectivity index (χ3n) is 3.90. The van der Waals surface area contributed by atoms with E-state index in [1.165, 1.54) is 0 Å². The Labute approximate surface area is 136 Å². The fourth-order valence-electron chi connectivity index (χ4n) is 2.66. The van der Waals surface area contributed by atoms with E-state index in [9.17, 15) is 14.6 Å². The summed E-state index contributed by atoms with van der Waals surface area (Å²) >= 11 is 0. The van der Waals surface area contributed by atoms with Gasteiger partial charge in [0.05, 0.1) is 13.0 Å². The molecule has 1 saturated heterocycles. The number of hydrogen-bond acceptors (Lipinski definition) is 6. The quantitative estimate of drug-likeness (QED) is 0.598. The van der Waals surface area contributed by atoms with Gasteiger partial charge in [-0.2, -0.15) is 0 Å². The molecule has 1 unspecified atom stereocenters. The molecule has 2 rings (SSSR count). The summed E-state index contributed by atoms with van der Waals surface area (Å²) in [6, 6.07) is 2.91. The van der Waals surface area contributed by atoms with E-state index in [2.05, 4.69) is 4.98 Å². The molecule has 1 N–H and O–H groups in total. The van der Waals surface area contributed by atoms with Crippen LogP contribution in [-0.4, -0.2) is 70.9 Å². The number of piperazine rings is 1. The van der Waals surface area contributed by atoms with Crippen molar-refractivity contribution in [2.45, 2.75) is 26.2 Å². The van der Waals surface area contributed by atoms with E-state index in [0.29, 0.717) is 13.1 Å². The lowest BCUT2D eigenvalue weighted by molar-refractivity contribution is -0.157. The predicted molar refractivity (Wildman–Crippen MR) is 85.5 cm³/mol. The predicted octanol–water partition coefficient (Wildman–Crippen LogP) is -0.190. The van der Waals surface area contributed by atoms with Crippen LogP contribution in [0.2, 0.25) is 6.82 Å². The Hall–Kier alpha value is -1.93. The van der Waals surface area contributed by atoms with Crippen LogP contribution >= 0.6 is 0 Å². The Morgan fingerprint density at radius 2 is 2.26 bits per heavy atom. The molecule has 1 aliphatic rings. The van der Waals surface area contributed by atoms with E-state index in [1.54, 1.807) is 41.9 Å². The Bertz CT molecular complexity index is 541. The van der Waals surface area contributed by atoms with Crippen LogP contribution < -0.4 is 0 Å². The summed E-state index contributed by atoms with van der Waals surface area (Å²) in [6.07, 6.45) is 3.48. The van der Waals surface area contributed by atoms with E-state index in [0.717, 1.165) is 5.56 Å². The average Bonchev–Trinajstić information content (AvgIpc) is 2.55. The van der Waals surface area contributed by atoms with Gasteiger partial charge in [0.25, 0.3) is 0 Å². The van der Waals surface area contributed by atoms with Gasteiger partial charge in [-0.25, -0.2) is 4.79 Å². The third kappa shape index (κ3) is 4.52. The van der Waals surface area contributed by atoms with E-state index >= 15 is 0 Å².